The highest BCUT2D eigenvalue weighted by molar-refractivity contribution is 5.79. The summed E-state index contributed by atoms with van der Waals surface area (Å²) in [5, 5.41) is 1.20. The van der Waals surface area contributed by atoms with E-state index in [4.69, 9.17) is 9.47 Å². The molecule has 0 atom stereocenters. The van der Waals surface area contributed by atoms with Gasteiger partial charge >= 0.3 is 0 Å². The van der Waals surface area contributed by atoms with Crippen molar-refractivity contribution in [3.63, 3.8) is 0 Å². The second kappa shape index (κ2) is 3.12. The van der Waals surface area contributed by atoms with E-state index in [1.54, 1.807) is 0 Å². The monoisotopic (exact) mass is 189 g/mol. The van der Waals surface area contributed by atoms with Gasteiger partial charge in [0.05, 0.1) is 13.2 Å². The van der Waals surface area contributed by atoms with E-state index in [1.807, 2.05) is 18.3 Å². The Labute approximate surface area is 81.6 Å². The normalized spacial score (nSPS) is 18.0. The molecular formula is C11H11NO2. The van der Waals surface area contributed by atoms with Gasteiger partial charge in [-0.15, -0.1) is 0 Å². The summed E-state index contributed by atoms with van der Waals surface area (Å²) >= 11 is 0. The van der Waals surface area contributed by atoms with Gasteiger partial charge in [0.1, 0.15) is 0 Å². The number of nitrogens with one attached hydrogen (secondary N) is 1. The van der Waals surface area contributed by atoms with E-state index in [9.17, 15) is 0 Å². The number of ether oxygens (including phenoxy) is 2. The lowest BCUT2D eigenvalue weighted by Gasteiger charge is -2.08. The topological polar surface area (TPSA) is 34.2 Å². The summed E-state index contributed by atoms with van der Waals surface area (Å²) in [5.74, 6) is 0. The van der Waals surface area contributed by atoms with Gasteiger partial charge in [-0.25, -0.2) is 0 Å². The van der Waals surface area contributed by atoms with Crippen LogP contribution in [0.15, 0.2) is 30.5 Å². The predicted octanol–water partition coefficient (Wildman–Crippen LogP) is 2.21. The molecule has 1 aromatic carbocycles. The van der Waals surface area contributed by atoms with E-state index in [0.717, 1.165) is 11.1 Å². The second-order valence-corrected chi connectivity index (χ2v) is 3.40. The minimum Gasteiger partial charge on any atom is -0.361 e. The quantitative estimate of drug-likeness (QED) is 0.746. The van der Waals surface area contributed by atoms with Gasteiger partial charge in [0.25, 0.3) is 0 Å². The number of benzene rings is 1. The summed E-state index contributed by atoms with van der Waals surface area (Å²) in [6, 6.07) is 8.24. The van der Waals surface area contributed by atoms with Crippen LogP contribution in [0.2, 0.25) is 0 Å². The van der Waals surface area contributed by atoms with Crippen molar-refractivity contribution in [1.82, 2.24) is 4.98 Å². The zero-order valence-corrected chi connectivity index (χ0v) is 7.69. The Bertz CT molecular complexity index is 443. The number of hydrogen-bond acceptors (Lipinski definition) is 2. The van der Waals surface area contributed by atoms with Gasteiger partial charge in [-0.2, -0.15) is 0 Å². The molecule has 0 spiro atoms. The fourth-order valence-electron chi connectivity index (χ4n) is 1.77. The summed E-state index contributed by atoms with van der Waals surface area (Å²) in [4.78, 5) is 3.16. The molecule has 1 aliphatic heterocycles. The third kappa shape index (κ3) is 1.22. The van der Waals surface area contributed by atoms with Crippen molar-refractivity contribution >= 4 is 10.9 Å². The maximum absolute atomic E-state index is 5.43. The Kier molecular flexibility index (Phi) is 1.79. The van der Waals surface area contributed by atoms with Crippen LogP contribution in [-0.2, 0) is 9.47 Å². The van der Waals surface area contributed by atoms with Gasteiger partial charge in [-0.05, 0) is 23.6 Å². The summed E-state index contributed by atoms with van der Waals surface area (Å²) in [5.41, 5.74) is 2.24. The molecule has 2 heterocycles. The van der Waals surface area contributed by atoms with Crippen LogP contribution in [0, 0.1) is 0 Å². The molecule has 0 bridgehead atoms. The van der Waals surface area contributed by atoms with E-state index in [1.165, 1.54) is 5.39 Å². The molecule has 0 unspecified atom stereocenters. The van der Waals surface area contributed by atoms with E-state index >= 15 is 0 Å². The molecule has 14 heavy (non-hydrogen) atoms. The molecule has 1 aromatic heterocycles. The summed E-state index contributed by atoms with van der Waals surface area (Å²) in [6.07, 6.45) is 1.76. The smallest absolute Gasteiger partial charge is 0.184 e. The van der Waals surface area contributed by atoms with E-state index in [2.05, 4.69) is 17.1 Å². The maximum Gasteiger partial charge on any atom is 0.184 e. The van der Waals surface area contributed by atoms with Crippen LogP contribution < -0.4 is 0 Å². The summed E-state index contributed by atoms with van der Waals surface area (Å²) in [7, 11) is 0. The Balaban J connectivity index is 2.04. The third-order valence-electron chi connectivity index (χ3n) is 2.47. The minimum atomic E-state index is -0.172. The zero-order chi connectivity index (χ0) is 9.38. The fourth-order valence-corrected chi connectivity index (χ4v) is 1.77. The summed E-state index contributed by atoms with van der Waals surface area (Å²) < 4.78 is 10.9. The van der Waals surface area contributed by atoms with E-state index in [-0.39, 0.29) is 6.29 Å². The number of aromatic nitrogens is 1. The molecule has 1 fully saturated rings. The molecule has 0 amide bonds. The van der Waals surface area contributed by atoms with Crippen LogP contribution in [0.5, 0.6) is 0 Å². The van der Waals surface area contributed by atoms with Gasteiger partial charge in [-0.3, -0.25) is 0 Å². The third-order valence-corrected chi connectivity index (χ3v) is 2.47. The molecule has 2 aromatic rings. The second-order valence-electron chi connectivity index (χ2n) is 3.40. The van der Waals surface area contributed by atoms with Crippen LogP contribution in [0.25, 0.3) is 10.9 Å². The first-order chi connectivity index (χ1) is 6.93. The standard InChI is InChI=1S/C11H11NO2/c1-2-10-8(3-4-12-10)7-9(1)11-13-5-6-14-11/h1-4,7,11-12H,5-6H2. The lowest BCUT2D eigenvalue weighted by molar-refractivity contribution is -0.0440. The molecule has 3 rings (SSSR count). The van der Waals surface area contributed by atoms with Crippen LogP contribution >= 0.6 is 0 Å². The van der Waals surface area contributed by atoms with Gasteiger partial charge in [0, 0.05) is 17.3 Å². The van der Waals surface area contributed by atoms with Gasteiger partial charge < -0.3 is 14.5 Å². The maximum atomic E-state index is 5.43. The number of hydrogen-bond donors (Lipinski definition) is 1. The number of H-pyrrole nitrogens is 1. The highest BCUT2D eigenvalue weighted by atomic mass is 16.7. The first-order valence-electron chi connectivity index (χ1n) is 4.74. The SMILES string of the molecule is c1cc2cc(C3OCCO3)ccc2[nH]1. The van der Waals surface area contributed by atoms with Crippen molar-refractivity contribution in [2.24, 2.45) is 0 Å². The Morgan fingerprint density at radius 3 is 2.86 bits per heavy atom. The lowest BCUT2D eigenvalue weighted by Crippen LogP contribution is -1.96. The molecule has 3 nitrogen and oxygen atoms in total. The molecular weight excluding hydrogens is 178 g/mol. The average molecular weight is 189 g/mol. The lowest BCUT2D eigenvalue weighted by atomic mass is 10.1. The molecule has 0 radical (unpaired) electrons. The zero-order valence-electron chi connectivity index (χ0n) is 7.69. The van der Waals surface area contributed by atoms with Gasteiger partial charge in [0.2, 0.25) is 0 Å². The van der Waals surface area contributed by atoms with Crippen molar-refractivity contribution in [2.75, 3.05) is 13.2 Å². The highest BCUT2D eigenvalue weighted by Gasteiger charge is 2.18. The van der Waals surface area contributed by atoms with E-state index in [0.29, 0.717) is 13.2 Å². The van der Waals surface area contributed by atoms with Crippen LogP contribution in [0.1, 0.15) is 11.9 Å². The van der Waals surface area contributed by atoms with Gasteiger partial charge in [0.15, 0.2) is 6.29 Å². The highest BCUT2D eigenvalue weighted by Crippen LogP contribution is 2.25. The number of aromatic amines is 1. The molecule has 0 saturated carbocycles. The molecule has 72 valence electrons. The minimum absolute atomic E-state index is 0.172. The first-order valence-corrected chi connectivity index (χ1v) is 4.74. The van der Waals surface area contributed by atoms with Crippen molar-refractivity contribution in [2.45, 2.75) is 6.29 Å². The molecule has 0 aliphatic carbocycles. The Morgan fingerprint density at radius 1 is 1.14 bits per heavy atom. The first kappa shape index (κ1) is 8.03. The van der Waals surface area contributed by atoms with Crippen LogP contribution in [0.3, 0.4) is 0 Å². The van der Waals surface area contributed by atoms with Crippen molar-refractivity contribution in [3.8, 4) is 0 Å². The van der Waals surface area contributed by atoms with Crippen molar-refractivity contribution in [3.05, 3.63) is 36.0 Å². The van der Waals surface area contributed by atoms with E-state index < -0.39 is 0 Å². The van der Waals surface area contributed by atoms with Gasteiger partial charge in [-0.1, -0.05) is 6.07 Å². The Morgan fingerprint density at radius 2 is 2.00 bits per heavy atom. The number of fused-ring (bicyclic) bond motifs is 1. The van der Waals surface area contributed by atoms with Crippen molar-refractivity contribution < 1.29 is 9.47 Å². The average Bonchev–Trinajstić information content (AvgIpc) is 2.88. The molecule has 3 heteroatoms. The molecule has 1 N–H and O–H groups in total. The molecule has 1 saturated heterocycles. The van der Waals surface area contributed by atoms with Crippen LogP contribution in [-0.4, -0.2) is 18.2 Å². The predicted molar refractivity (Wildman–Crippen MR) is 52.9 cm³/mol. The molecule has 1 aliphatic rings. The van der Waals surface area contributed by atoms with Crippen molar-refractivity contribution in [1.29, 1.82) is 0 Å². The fraction of sp³-hybridized carbons (Fsp3) is 0.273. The Hall–Kier alpha value is -1.32. The largest absolute Gasteiger partial charge is 0.361 e. The summed E-state index contributed by atoms with van der Waals surface area (Å²) in [6.45, 7) is 1.38. The number of rotatable bonds is 1. The van der Waals surface area contributed by atoms with Crippen LogP contribution in [0.4, 0.5) is 0 Å².